The van der Waals surface area contributed by atoms with Gasteiger partial charge < -0.3 is 20.9 Å². The van der Waals surface area contributed by atoms with Crippen LogP contribution in [-0.4, -0.2) is 36.8 Å². The Morgan fingerprint density at radius 2 is 2.08 bits per heavy atom. The summed E-state index contributed by atoms with van der Waals surface area (Å²) in [7, 11) is 1.49. The molecule has 9 nitrogen and oxygen atoms in total. The minimum Gasteiger partial charge on any atom is -0.504 e. The summed E-state index contributed by atoms with van der Waals surface area (Å²) in [6.07, 6.45) is 4.98. The molecule has 0 saturated carbocycles. The van der Waals surface area contributed by atoms with Crippen LogP contribution in [0.2, 0.25) is 0 Å². The van der Waals surface area contributed by atoms with Crippen LogP contribution in [0.15, 0.2) is 48.9 Å². The molecule has 0 atom stereocenters. The number of nitrogen functional groups attached to an aromatic ring is 1. The van der Waals surface area contributed by atoms with Crippen LogP contribution >= 0.6 is 0 Å². The molecular weight excluding hydrogens is 334 g/mol. The van der Waals surface area contributed by atoms with Gasteiger partial charge in [-0.2, -0.15) is 4.98 Å². The molecule has 130 valence electrons. The summed E-state index contributed by atoms with van der Waals surface area (Å²) in [5.74, 6) is 1.22. The lowest BCUT2D eigenvalue weighted by Gasteiger charge is -2.06. The quantitative estimate of drug-likeness (QED) is 0.512. The molecule has 9 heteroatoms. The molecule has 0 aliphatic carbocycles. The van der Waals surface area contributed by atoms with Crippen LogP contribution in [0.5, 0.6) is 11.5 Å². The number of fused-ring (bicyclic) bond motifs is 1. The zero-order valence-corrected chi connectivity index (χ0v) is 13.8. The van der Waals surface area contributed by atoms with Crippen molar-refractivity contribution in [2.45, 2.75) is 0 Å². The predicted molar refractivity (Wildman–Crippen MR) is 96.4 cm³/mol. The maximum Gasteiger partial charge on any atom is 0.247 e. The average Bonchev–Trinajstić information content (AvgIpc) is 3.05. The summed E-state index contributed by atoms with van der Waals surface area (Å²) in [6.45, 7) is 0. The molecular formula is C17H15N7O2. The van der Waals surface area contributed by atoms with Crippen LogP contribution in [0.1, 0.15) is 0 Å². The Labute approximate surface area is 148 Å². The SMILES string of the molecule is COc1ccc(Nc2nc3c(-c4ccc(N)nc4)nccn3n2)cc1O. The molecule has 0 bridgehead atoms. The summed E-state index contributed by atoms with van der Waals surface area (Å²) in [4.78, 5) is 12.9. The van der Waals surface area contributed by atoms with Crippen molar-refractivity contribution in [1.82, 2.24) is 24.6 Å². The third-order valence-corrected chi connectivity index (χ3v) is 3.75. The van der Waals surface area contributed by atoms with E-state index in [4.69, 9.17) is 10.5 Å². The first kappa shape index (κ1) is 15.6. The topological polar surface area (TPSA) is 123 Å². The first-order valence-electron chi connectivity index (χ1n) is 7.71. The van der Waals surface area contributed by atoms with Gasteiger partial charge in [0.1, 0.15) is 11.5 Å². The summed E-state index contributed by atoms with van der Waals surface area (Å²) in [6, 6.07) is 8.48. The third kappa shape index (κ3) is 2.81. The van der Waals surface area contributed by atoms with Gasteiger partial charge in [0.25, 0.3) is 0 Å². The van der Waals surface area contributed by atoms with Crippen LogP contribution in [0.25, 0.3) is 16.9 Å². The number of aromatic hydroxyl groups is 1. The highest BCUT2D eigenvalue weighted by atomic mass is 16.5. The Balaban J connectivity index is 1.71. The first-order chi connectivity index (χ1) is 12.6. The van der Waals surface area contributed by atoms with Gasteiger partial charge >= 0.3 is 0 Å². The largest absolute Gasteiger partial charge is 0.504 e. The van der Waals surface area contributed by atoms with E-state index in [0.29, 0.717) is 34.5 Å². The number of phenols is 1. The fourth-order valence-corrected chi connectivity index (χ4v) is 2.52. The Hall–Kier alpha value is -3.88. The molecule has 3 heterocycles. The minimum atomic E-state index is 0.0246. The summed E-state index contributed by atoms with van der Waals surface area (Å²) < 4.78 is 6.65. The minimum absolute atomic E-state index is 0.0246. The van der Waals surface area contributed by atoms with E-state index in [9.17, 15) is 5.11 Å². The van der Waals surface area contributed by atoms with E-state index >= 15 is 0 Å². The highest BCUT2D eigenvalue weighted by molar-refractivity contribution is 5.74. The van der Waals surface area contributed by atoms with Gasteiger partial charge in [0.2, 0.25) is 5.95 Å². The van der Waals surface area contributed by atoms with Crippen molar-refractivity contribution in [2.24, 2.45) is 0 Å². The summed E-state index contributed by atoms with van der Waals surface area (Å²) >= 11 is 0. The van der Waals surface area contributed by atoms with E-state index < -0.39 is 0 Å². The summed E-state index contributed by atoms with van der Waals surface area (Å²) in [5, 5.41) is 17.3. The normalized spacial score (nSPS) is 10.8. The Morgan fingerprint density at radius 3 is 2.81 bits per heavy atom. The van der Waals surface area contributed by atoms with Gasteiger partial charge in [-0.25, -0.2) is 9.50 Å². The Morgan fingerprint density at radius 1 is 1.19 bits per heavy atom. The smallest absolute Gasteiger partial charge is 0.247 e. The molecule has 0 fully saturated rings. The van der Waals surface area contributed by atoms with Crippen molar-refractivity contribution in [2.75, 3.05) is 18.2 Å². The first-order valence-corrected chi connectivity index (χ1v) is 7.71. The maximum absolute atomic E-state index is 9.89. The number of nitrogens with zero attached hydrogens (tertiary/aromatic N) is 5. The van der Waals surface area contributed by atoms with Gasteiger partial charge in [0, 0.05) is 35.9 Å². The fraction of sp³-hybridized carbons (Fsp3) is 0.0588. The fourth-order valence-electron chi connectivity index (χ4n) is 2.52. The van der Waals surface area contributed by atoms with Gasteiger partial charge in [-0.15, -0.1) is 5.10 Å². The highest BCUT2D eigenvalue weighted by Crippen LogP contribution is 2.30. The molecule has 0 saturated heterocycles. The Kier molecular flexibility index (Phi) is 3.73. The zero-order chi connectivity index (χ0) is 18.1. The van der Waals surface area contributed by atoms with E-state index in [-0.39, 0.29) is 5.75 Å². The van der Waals surface area contributed by atoms with Gasteiger partial charge in [-0.05, 0) is 24.3 Å². The van der Waals surface area contributed by atoms with E-state index in [1.165, 1.54) is 13.2 Å². The van der Waals surface area contributed by atoms with Gasteiger partial charge in [-0.3, -0.25) is 4.98 Å². The number of aromatic nitrogens is 5. The predicted octanol–water partition coefficient (Wildman–Crippen LogP) is 2.23. The number of hydrogen-bond donors (Lipinski definition) is 3. The second kappa shape index (κ2) is 6.20. The van der Waals surface area contributed by atoms with Crippen LogP contribution in [0.4, 0.5) is 17.5 Å². The van der Waals surface area contributed by atoms with Gasteiger partial charge in [-0.1, -0.05) is 0 Å². The molecule has 0 unspecified atom stereocenters. The highest BCUT2D eigenvalue weighted by Gasteiger charge is 2.12. The third-order valence-electron chi connectivity index (χ3n) is 3.75. The lowest BCUT2D eigenvalue weighted by Crippen LogP contribution is -1.95. The number of nitrogens with two attached hydrogens (primary N) is 1. The van der Waals surface area contributed by atoms with Crippen molar-refractivity contribution in [3.05, 3.63) is 48.9 Å². The second-order valence-corrected chi connectivity index (χ2v) is 5.46. The van der Waals surface area contributed by atoms with Gasteiger partial charge in [0.15, 0.2) is 17.1 Å². The van der Waals surface area contributed by atoms with Crippen LogP contribution in [0, 0.1) is 0 Å². The van der Waals surface area contributed by atoms with Crippen molar-refractivity contribution in [3.8, 4) is 22.8 Å². The monoisotopic (exact) mass is 349 g/mol. The number of ether oxygens (including phenoxy) is 1. The number of methoxy groups -OCH3 is 1. The molecule has 0 amide bonds. The number of phenolic OH excluding ortho intramolecular Hbond substituents is 1. The molecule has 4 N–H and O–H groups in total. The average molecular weight is 349 g/mol. The van der Waals surface area contributed by atoms with Crippen LogP contribution in [-0.2, 0) is 0 Å². The van der Waals surface area contributed by atoms with Crippen molar-refractivity contribution in [1.29, 1.82) is 0 Å². The summed E-state index contributed by atoms with van der Waals surface area (Å²) in [5.41, 5.74) is 8.25. The van der Waals surface area contributed by atoms with Crippen molar-refractivity contribution >= 4 is 23.1 Å². The number of anilines is 3. The number of hydrogen-bond acceptors (Lipinski definition) is 8. The van der Waals surface area contributed by atoms with E-state index in [2.05, 4.69) is 25.4 Å². The molecule has 26 heavy (non-hydrogen) atoms. The number of benzene rings is 1. The molecule has 0 aliphatic heterocycles. The molecule has 1 aromatic carbocycles. The number of rotatable bonds is 4. The second-order valence-electron chi connectivity index (χ2n) is 5.46. The number of pyridine rings is 1. The molecule has 0 radical (unpaired) electrons. The molecule has 3 aromatic heterocycles. The van der Waals surface area contributed by atoms with Crippen molar-refractivity contribution < 1.29 is 9.84 Å². The van der Waals surface area contributed by atoms with Crippen molar-refractivity contribution in [3.63, 3.8) is 0 Å². The van der Waals surface area contributed by atoms with E-state index in [1.54, 1.807) is 41.3 Å². The number of nitrogens with one attached hydrogen (secondary N) is 1. The van der Waals surface area contributed by atoms with E-state index in [0.717, 1.165) is 5.56 Å². The standard InChI is InChI=1S/C17H15N7O2/c1-26-13-4-3-11(8-12(13)25)21-17-22-16-15(19-6-7-24(16)23-17)10-2-5-14(18)20-9-10/h2-9,25H,1H3,(H2,18,20)(H,21,23). The zero-order valence-electron chi connectivity index (χ0n) is 13.8. The van der Waals surface area contributed by atoms with Crippen LogP contribution in [0.3, 0.4) is 0 Å². The molecule has 4 rings (SSSR count). The molecule has 0 spiro atoms. The van der Waals surface area contributed by atoms with E-state index in [1.807, 2.05) is 6.07 Å². The van der Waals surface area contributed by atoms with Crippen LogP contribution < -0.4 is 15.8 Å². The lowest BCUT2D eigenvalue weighted by atomic mass is 10.2. The Bertz CT molecular complexity index is 1080. The maximum atomic E-state index is 9.89. The molecule has 4 aromatic rings. The van der Waals surface area contributed by atoms with Gasteiger partial charge in [0.05, 0.1) is 7.11 Å². The molecule has 0 aliphatic rings. The lowest BCUT2D eigenvalue weighted by molar-refractivity contribution is 0.373.